The van der Waals surface area contributed by atoms with Gasteiger partial charge >= 0.3 is 0 Å². The molecule has 1 unspecified atom stereocenters. The van der Waals surface area contributed by atoms with Crippen LogP contribution in [0, 0.1) is 0 Å². The standard InChI is InChI=1S/C15H23N3O2/c1-5-18(6-2)15(20)12-8-7-9-13(10-12)17-14(19)11(3)16-4/h7-11,16H,5-6H2,1-4H3,(H,17,19). The molecule has 0 aliphatic heterocycles. The minimum Gasteiger partial charge on any atom is -0.339 e. The zero-order chi connectivity index (χ0) is 15.1. The van der Waals surface area contributed by atoms with E-state index in [1.165, 1.54) is 0 Å². The Hall–Kier alpha value is -1.88. The summed E-state index contributed by atoms with van der Waals surface area (Å²) in [6.45, 7) is 7.01. The van der Waals surface area contributed by atoms with Gasteiger partial charge in [-0.05, 0) is 46.0 Å². The first-order valence-corrected chi connectivity index (χ1v) is 6.90. The number of nitrogens with zero attached hydrogens (tertiary/aromatic N) is 1. The van der Waals surface area contributed by atoms with Gasteiger partial charge in [0.15, 0.2) is 0 Å². The van der Waals surface area contributed by atoms with Crippen LogP contribution in [0.2, 0.25) is 0 Å². The molecule has 1 aromatic carbocycles. The average molecular weight is 277 g/mol. The van der Waals surface area contributed by atoms with Gasteiger partial charge in [-0.25, -0.2) is 0 Å². The first-order valence-electron chi connectivity index (χ1n) is 6.90. The van der Waals surface area contributed by atoms with E-state index in [-0.39, 0.29) is 17.9 Å². The zero-order valence-electron chi connectivity index (χ0n) is 12.6. The highest BCUT2D eigenvalue weighted by atomic mass is 16.2. The van der Waals surface area contributed by atoms with Crippen molar-refractivity contribution in [1.29, 1.82) is 0 Å². The van der Waals surface area contributed by atoms with E-state index in [1.54, 1.807) is 43.1 Å². The van der Waals surface area contributed by atoms with Gasteiger partial charge in [0, 0.05) is 24.3 Å². The maximum absolute atomic E-state index is 12.2. The summed E-state index contributed by atoms with van der Waals surface area (Å²) in [5.41, 5.74) is 1.22. The van der Waals surface area contributed by atoms with E-state index in [4.69, 9.17) is 0 Å². The molecule has 110 valence electrons. The van der Waals surface area contributed by atoms with Gasteiger partial charge in [0.1, 0.15) is 0 Å². The normalized spacial score (nSPS) is 11.8. The van der Waals surface area contributed by atoms with Crippen LogP contribution >= 0.6 is 0 Å². The quantitative estimate of drug-likeness (QED) is 0.832. The molecule has 0 aliphatic carbocycles. The van der Waals surface area contributed by atoms with Gasteiger partial charge < -0.3 is 15.5 Å². The maximum atomic E-state index is 12.2. The highest BCUT2D eigenvalue weighted by Crippen LogP contribution is 2.13. The van der Waals surface area contributed by atoms with Crippen molar-refractivity contribution in [3.63, 3.8) is 0 Å². The van der Waals surface area contributed by atoms with Crippen LogP contribution in [0.4, 0.5) is 5.69 Å². The Morgan fingerprint density at radius 2 is 1.90 bits per heavy atom. The molecule has 0 saturated carbocycles. The fourth-order valence-corrected chi connectivity index (χ4v) is 1.80. The van der Waals surface area contributed by atoms with Crippen molar-refractivity contribution >= 4 is 17.5 Å². The van der Waals surface area contributed by atoms with E-state index in [2.05, 4.69) is 10.6 Å². The molecular weight excluding hydrogens is 254 g/mol. The second-order valence-corrected chi connectivity index (χ2v) is 4.56. The molecule has 2 N–H and O–H groups in total. The molecule has 1 aromatic rings. The number of likely N-dealkylation sites (N-methyl/N-ethyl adjacent to an activating group) is 1. The van der Waals surface area contributed by atoms with Crippen LogP contribution in [-0.4, -0.2) is 42.9 Å². The van der Waals surface area contributed by atoms with Crippen LogP contribution in [0.25, 0.3) is 0 Å². The van der Waals surface area contributed by atoms with Crippen molar-refractivity contribution in [2.24, 2.45) is 0 Å². The third-order valence-corrected chi connectivity index (χ3v) is 3.25. The fraction of sp³-hybridized carbons (Fsp3) is 0.467. The molecule has 0 aromatic heterocycles. The van der Waals surface area contributed by atoms with E-state index >= 15 is 0 Å². The van der Waals surface area contributed by atoms with E-state index in [1.807, 2.05) is 13.8 Å². The average Bonchev–Trinajstić information content (AvgIpc) is 2.47. The lowest BCUT2D eigenvalue weighted by Crippen LogP contribution is -2.35. The first kappa shape index (κ1) is 16.2. The molecule has 0 aliphatic rings. The lowest BCUT2D eigenvalue weighted by atomic mass is 10.1. The number of hydrogen-bond acceptors (Lipinski definition) is 3. The number of anilines is 1. The van der Waals surface area contributed by atoms with Crippen LogP contribution < -0.4 is 10.6 Å². The number of amides is 2. The molecule has 0 bridgehead atoms. The summed E-state index contributed by atoms with van der Waals surface area (Å²) in [4.78, 5) is 25.8. The highest BCUT2D eigenvalue weighted by Gasteiger charge is 2.14. The second-order valence-electron chi connectivity index (χ2n) is 4.56. The highest BCUT2D eigenvalue weighted by molar-refractivity contribution is 5.98. The number of carbonyl (C=O) groups excluding carboxylic acids is 2. The molecule has 1 atom stereocenters. The summed E-state index contributed by atoms with van der Waals surface area (Å²) in [5.74, 6) is -0.146. The Balaban J connectivity index is 2.85. The van der Waals surface area contributed by atoms with Crippen LogP contribution in [0.15, 0.2) is 24.3 Å². The zero-order valence-corrected chi connectivity index (χ0v) is 12.6. The van der Waals surface area contributed by atoms with Crippen molar-refractivity contribution in [1.82, 2.24) is 10.2 Å². The number of benzene rings is 1. The van der Waals surface area contributed by atoms with Gasteiger partial charge in [0.05, 0.1) is 6.04 Å². The van der Waals surface area contributed by atoms with Gasteiger partial charge in [-0.3, -0.25) is 9.59 Å². The third-order valence-electron chi connectivity index (χ3n) is 3.25. The van der Waals surface area contributed by atoms with Crippen molar-refractivity contribution < 1.29 is 9.59 Å². The molecule has 5 heteroatoms. The SMILES string of the molecule is CCN(CC)C(=O)c1cccc(NC(=O)C(C)NC)c1. The molecule has 0 radical (unpaired) electrons. The molecule has 5 nitrogen and oxygen atoms in total. The van der Waals surface area contributed by atoms with Gasteiger partial charge in [-0.15, -0.1) is 0 Å². The van der Waals surface area contributed by atoms with Gasteiger partial charge in [0.2, 0.25) is 5.91 Å². The number of hydrogen-bond donors (Lipinski definition) is 2. The molecule has 0 saturated heterocycles. The number of carbonyl (C=O) groups is 2. The van der Waals surface area contributed by atoms with Crippen LogP contribution in [-0.2, 0) is 4.79 Å². The minimum atomic E-state index is -0.280. The number of rotatable bonds is 6. The van der Waals surface area contributed by atoms with E-state index in [0.29, 0.717) is 24.3 Å². The molecule has 1 rings (SSSR count). The summed E-state index contributed by atoms with van der Waals surface area (Å²) in [6, 6.07) is 6.74. The largest absolute Gasteiger partial charge is 0.339 e. The van der Waals surface area contributed by atoms with Gasteiger partial charge in [-0.1, -0.05) is 6.07 Å². The second kappa shape index (κ2) is 7.65. The lowest BCUT2D eigenvalue weighted by Gasteiger charge is -2.19. The predicted octanol–water partition coefficient (Wildman–Crippen LogP) is 1.71. The summed E-state index contributed by atoms with van der Waals surface area (Å²) in [5, 5.41) is 5.66. The van der Waals surface area contributed by atoms with Crippen molar-refractivity contribution in [3.05, 3.63) is 29.8 Å². The molecule has 2 amide bonds. The molecule has 0 spiro atoms. The summed E-state index contributed by atoms with van der Waals surface area (Å²) in [7, 11) is 1.73. The molecular formula is C15H23N3O2. The Morgan fingerprint density at radius 3 is 2.45 bits per heavy atom. The van der Waals surface area contributed by atoms with Crippen molar-refractivity contribution in [3.8, 4) is 0 Å². The predicted molar refractivity (Wildman–Crippen MR) is 80.8 cm³/mol. The number of nitrogens with one attached hydrogen (secondary N) is 2. The lowest BCUT2D eigenvalue weighted by molar-refractivity contribution is -0.117. The third kappa shape index (κ3) is 4.06. The van der Waals surface area contributed by atoms with Crippen molar-refractivity contribution in [2.45, 2.75) is 26.8 Å². The van der Waals surface area contributed by atoms with E-state index < -0.39 is 0 Å². The smallest absolute Gasteiger partial charge is 0.253 e. The topological polar surface area (TPSA) is 61.4 Å². The fourth-order valence-electron chi connectivity index (χ4n) is 1.80. The minimum absolute atomic E-state index is 0.0206. The first-order chi connectivity index (χ1) is 9.53. The monoisotopic (exact) mass is 277 g/mol. The Kier molecular flexibility index (Phi) is 6.18. The van der Waals surface area contributed by atoms with Crippen LogP contribution in [0.5, 0.6) is 0 Å². The van der Waals surface area contributed by atoms with Gasteiger partial charge in [0.25, 0.3) is 5.91 Å². The molecule has 0 fully saturated rings. The Bertz CT molecular complexity index is 470. The summed E-state index contributed by atoms with van der Waals surface area (Å²) in [6.07, 6.45) is 0. The Labute approximate surface area is 120 Å². The molecule has 20 heavy (non-hydrogen) atoms. The Morgan fingerprint density at radius 1 is 1.25 bits per heavy atom. The van der Waals surface area contributed by atoms with Gasteiger partial charge in [-0.2, -0.15) is 0 Å². The maximum Gasteiger partial charge on any atom is 0.253 e. The van der Waals surface area contributed by atoms with Crippen LogP contribution in [0.3, 0.4) is 0 Å². The van der Waals surface area contributed by atoms with E-state index in [0.717, 1.165) is 0 Å². The summed E-state index contributed by atoms with van der Waals surface area (Å²) >= 11 is 0. The molecule has 0 heterocycles. The summed E-state index contributed by atoms with van der Waals surface area (Å²) < 4.78 is 0. The van der Waals surface area contributed by atoms with Crippen LogP contribution in [0.1, 0.15) is 31.1 Å². The van der Waals surface area contributed by atoms with E-state index in [9.17, 15) is 9.59 Å². The van der Waals surface area contributed by atoms with Crippen molar-refractivity contribution in [2.75, 3.05) is 25.5 Å².